The van der Waals surface area contributed by atoms with Gasteiger partial charge in [-0.05, 0) is 36.4 Å². The summed E-state index contributed by atoms with van der Waals surface area (Å²) in [6, 6.07) is 3.23. The van der Waals surface area contributed by atoms with Crippen molar-refractivity contribution in [3.05, 3.63) is 59.4 Å². The van der Waals surface area contributed by atoms with E-state index in [0.717, 1.165) is 0 Å². The van der Waals surface area contributed by atoms with Crippen LogP contribution in [0.5, 0.6) is 0 Å². The van der Waals surface area contributed by atoms with Crippen LogP contribution in [0.2, 0.25) is 0 Å². The van der Waals surface area contributed by atoms with Crippen molar-refractivity contribution in [3.8, 4) is 0 Å². The highest BCUT2D eigenvalue weighted by Crippen LogP contribution is 2.81. The molecule has 2 saturated carbocycles. The van der Waals surface area contributed by atoms with E-state index in [-0.39, 0.29) is 35.4 Å². The van der Waals surface area contributed by atoms with Crippen molar-refractivity contribution in [1.29, 1.82) is 0 Å². The minimum atomic E-state index is -0.733. The molecule has 0 aromatic heterocycles. The van der Waals surface area contributed by atoms with E-state index in [2.05, 4.69) is 26.5 Å². The van der Waals surface area contributed by atoms with Crippen LogP contribution in [0.1, 0.15) is 50.0 Å². The molecule has 3 aliphatic carbocycles. The average molecular weight is 555 g/mol. The number of anilines is 1. The largest absolute Gasteiger partial charge is 0.512 e. The summed E-state index contributed by atoms with van der Waals surface area (Å²) in [6.45, 7) is 4.92. The van der Waals surface area contributed by atoms with Crippen molar-refractivity contribution in [2.75, 3.05) is 25.0 Å². The molecule has 2 saturated heterocycles. The van der Waals surface area contributed by atoms with Crippen LogP contribution in [0.25, 0.3) is 0 Å². The highest BCUT2D eigenvalue weighted by molar-refractivity contribution is 7.27. The number of benzene rings is 1. The Hall–Kier alpha value is -3.39. The lowest BCUT2D eigenvalue weighted by atomic mass is 9.88. The first-order chi connectivity index (χ1) is 18.5. The molecule has 0 bridgehead atoms. The summed E-state index contributed by atoms with van der Waals surface area (Å²) in [6.07, 6.45) is 6.09. The molecule has 3 N–H and O–H groups in total. The van der Waals surface area contributed by atoms with Gasteiger partial charge in [0, 0.05) is 74.4 Å². The van der Waals surface area contributed by atoms with E-state index >= 15 is 4.39 Å². The van der Waals surface area contributed by atoms with Crippen molar-refractivity contribution >= 4 is 38.1 Å². The maximum absolute atomic E-state index is 15.2. The number of nitrogens with one attached hydrogen (secondary N) is 2. The Morgan fingerprint density at radius 1 is 1.31 bits per heavy atom. The number of ether oxygens (including phenoxy) is 1. The van der Waals surface area contributed by atoms with Crippen molar-refractivity contribution in [2.24, 2.45) is 5.41 Å². The molecular formula is C28H32FN4O5P. The number of fused-ring (bicyclic) bond motifs is 1. The third-order valence-electron chi connectivity index (χ3n) is 8.70. The predicted octanol–water partition coefficient (Wildman–Crippen LogP) is 2.86. The van der Waals surface area contributed by atoms with Gasteiger partial charge in [-0.1, -0.05) is 12.7 Å². The molecule has 1 aromatic rings. The van der Waals surface area contributed by atoms with E-state index in [1.165, 1.54) is 6.07 Å². The number of hydrogen-bond acceptors (Lipinski definition) is 6. The number of allylic oxidation sites excluding steroid dienone is 4. The minimum Gasteiger partial charge on any atom is -0.512 e. The fourth-order valence-corrected chi connectivity index (χ4v) is 6.63. The van der Waals surface area contributed by atoms with Gasteiger partial charge in [-0.25, -0.2) is 9.18 Å². The van der Waals surface area contributed by atoms with Gasteiger partial charge in [-0.3, -0.25) is 9.59 Å². The lowest BCUT2D eigenvalue weighted by molar-refractivity contribution is -0.131. The topological polar surface area (TPSA) is 111 Å². The van der Waals surface area contributed by atoms with Crippen molar-refractivity contribution in [3.63, 3.8) is 0 Å². The van der Waals surface area contributed by atoms with Gasteiger partial charge in [0.15, 0.2) is 0 Å². The van der Waals surface area contributed by atoms with Crippen LogP contribution in [0.3, 0.4) is 0 Å². The summed E-state index contributed by atoms with van der Waals surface area (Å²) in [5.41, 5.74) is 1.02. The Morgan fingerprint density at radius 2 is 2.05 bits per heavy atom. The molecule has 1 aromatic carbocycles. The highest BCUT2D eigenvalue weighted by Gasteiger charge is 2.91. The summed E-state index contributed by atoms with van der Waals surface area (Å²) < 4.78 is 20.8. The number of alkyl carbamates (subject to hydrolysis) is 1. The summed E-state index contributed by atoms with van der Waals surface area (Å²) in [5, 5.41) is 16.1. The molecule has 2 heterocycles. The second kappa shape index (κ2) is 9.08. The smallest absolute Gasteiger partial charge is 0.408 e. The Bertz CT molecular complexity index is 1340. The van der Waals surface area contributed by atoms with E-state index in [4.69, 9.17) is 4.74 Å². The van der Waals surface area contributed by atoms with E-state index in [9.17, 15) is 19.5 Å². The summed E-state index contributed by atoms with van der Waals surface area (Å²) in [4.78, 5) is 40.8. The number of piperidine rings is 1. The molecule has 0 spiro atoms. The van der Waals surface area contributed by atoms with Gasteiger partial charge < -0.3 is 30.3 Å². The third-order valence-corrected chi connectivity index (χ3v) is 9.18. The summed E-state index contributed by atoms with van der Waals surface area (Å²) >= 11 is 0. The average Bonchev–Trinajstić information content (AvgIpc) is 3.67. The number of aliphatic hydroxyl groups is 1. The molecule has 5 aliphatic rings. The second-order valence-electron chi connectivity index (χ2n) is 11.3. The number of halogens is 1. The molecule has 2 aliphatic heterocycles. The summed E-state index contributed by atoms with van der Waals surface area (Å²) in [5.74, 6) is -0.557. The van der Waals surface area contributed by atoms with Crippen LogP contribution in [-0.2, 0) is 14.3 Å². The highest BCUT2D eigenvalue weighted by atomic mass is 31.0. The number of hydrogen-bond donors (Lipinski definition) is 3. The van der Waals surface area contributed by atoms with Gasteiger partial charge in [0.05, 0.1) is 17.2 Å². The van der Waals surface area contributed by atoms with Crippen LogP contribution in [0.15, 0.2) is 48.0 Å². The molecule has 2 unspecified atom stereocenters. The van der Waals surface area contributed by atoms with Gasteiger partial charge in [-0.2, -0.15) is 0 Å². The van der Waals surface area contributed by atoms with Crippen LogP contribution < -0.4 is 20.8 Å². The van der Waals surface area contributed by atoms with Crippen LogP contribution in [0, 0.1) is 11.2 Å². The quantitative estimate of drug-likeness (QED) is 0.467. The van der Waals surface area contributed by atoms with Crippen molar-refractivity contribution < 1.29 is 28.6 Å². The van der Waals surface area contributed by atoms with Crippen LogP contribution >= 0.6 is 9.24 Å². The number of rotatable bonds is 6. The molecular weight excluding hydrogens is 522 g/mol. The van der Waals surface area contributed by atoms with E-state index in [1.54, 1.807) is 18.0 Å². The van der Waals surface area contributed by atoms with E-state index in [1.807, 2.05) is 17.0 Å². The van der Waals surface area contributed by atoms with Gasteiger partial charge in [0.25, 0.3) is 0 Å². The first-order valence-electron chi connectivity index (χ1n) is 13.2. The lowest BCUT2D eigenvalue weighted by Crippen LogP contribution is -2.59. The number of amides is 3. The number of carbonyl (C=O) groups is 3. The third kappa shape index (κ3) is 4.39. The fourth-order valence-electron chi connectivity index (χ4n) is 6.12. The van der Waals surface area contributed by atoms with Gasteiger partial charge in [0.1, 0.15) is 11.4 Å². The summed E-state index contributed by atoms with van der Waals surface area (Å²) in [7, 11) is 4.27. The van der Waals surface area contributed by atoms with Gasteiger partial charge in [-0.15, -0.1) is 9.24 Å². The molecule has 3 amide bonds. The van der Waals surface area contributed by atoms with Crippen molar-refractivity contribution in [2.45, 2.75) is 56.1 Å². The Morgan fingerprint density at radius 3 is 2.72 bits per heavy atom. The molecule has 11 heteroatoms. The monoisotopic (exact) mass is 554 g/mol. The first-order valence-corrected chi connectivity index (χ1v) is 13.8. The second-order valence-corrected chi connectivity index (χ2v) is 12.0. The Balaban J connectivity index is 1.00. The van der Waals surface area contributed by atoms with Crippen LogP contribution in [0.4, 0.5) is 14.9 Å². The van der Waals surface area contributed by atoms with Crippen LogP contribution in [-0.4, -0.2) is 59.7 Å². The molecule has 2 atom stereocenters. The zero-order chi connectivity index (χ0) is 27.7. The molecule has 4 fully saturated rings. The molecule has 39 heavy (non-hydrogen) atoms. The number of nitrogens with zero attached hydrogens (tertiary/aromatic N) is 2. The molecule has 206 valence electrons. The first kappa shape index (κ1) is 25.9. The Kier molecular flexibility index (Phi) is 6.02. The Labute approximate surface area is 228 Å². The molecule has 0 radical (unpaired) electrons. The zero-order valence-electron chi connectivity index (χ0n) is 21.8. The molecule has 6 rings (SSSR count). The van der Waals surface area contributed by atoms with Crippen molar-refractivity contribution in [1.82, 2.24) is 15.5 Å². The van der Waals surface area contributed by atoms with Gasteiger partial charge in [0.2, 0.25) is 11.8 Å². The van der Waals surface area contributed by atoms with Gasteiger partial charge >= 0.3 is 6.09 Å². The maximum atomic E-state index is 15.2. The normalized spacial score (nSPS) is 29.3. The fraction of sp³-hybridized carbons (Fsp3) is 0.464. The standard InChI is InChI=1S/C28H32FN4O5P/c1-15-20(6-7-23(35)30-15)24-21(29)9-18(10-22(24)39)33-11-16(12-33)31-26(37)38-28-13-27(28,14-28)25(36)32(2)17-4-3-5-19(34)8-17/h4,8-10,16,20,34H,1,3,5-7,11-14,39H2,2H3,(H,30,35)(H,31,37). The minimum absolute atomic E-state index is 0.0970. The lowest BCUT2D eigenvalue weighted by Gasteiger charge is -2.41. The molecule has 9 nitrogen and oxygen atoms in total. The predicted molar refractivity (Wildman–Crippen MR) is 146 cm³/mol. The number of aliphatic hydroxyl groups excluding tert-OH is 1. The maximum Gasteiger partial charge on any atom is 0.408 e. The van der Waals surface area contributed by atoms with E-state index < -0.39 is 17.1 Å². The van der Waals surface area contributed by atoms with E-state index in [0.29, 0.717) is 79.6 Å². The number of likely N-dealkylation sites (N-methyl/N-ethyl adjacent to an activating group) is 1. The SMILES string of the molecule is C=C1NC(=O)CCC1c1c(F)cc(N2CC(NC(=O)OC34CC3(C(=O)N(C)C3=CCCC(O)=C3)C4)C2)cc1P. The number of carbonyl (C=O) groups excluding carboxylic acids is 3. The zero-order valence-corrected chi connectivity index (χ0v) is 22.9.